The summed E-state index contributed by atoms with van der Waals surface area (Å²) in [4.78, 5) is 10.7. The molecular formula is C7H10F2O2. The first-order chi connectivity index (χ1) is 5.08. The molecule has 0 aromatic carbocycles. The Labute approximate surface area is 63.5 Å². The summed E-state index contributed by atoms with van der Waals surface area (Å²) in [5.41, 5.74) is 0. The highest BCUT2D eigenvalue weighted by atomic mass is 19.3. The minimum absolute atomic E-state index is 0.172. The lowest BCUT2D eigenvalue weighted by Gasteiger charge is -2.33. The summed E-state index contributed by atoms with van der Waals surface area (Å²) in [6.07, 6.45) is 0.0717. The van der Waals surface area contributed by atoms with Crippen molar-refractivity contribution in [3.8, 4) is 0 Å². The van der Waals surface area contributed by atoms with Gasteiger partial charge in [-0.05, 0) is 13.3 Å². The first-order valence-electron chi connectivity index (χ1n) is 3.62. The van der Waals surface area contributed by atoms with E-state index in [2.05, 4.69) is 4.74 Å². The maximum atomic E-state index is 12.5. The van der Waals surface area contributed by atoms with Crippen LogP contribution in [0.5, 0.6) is 0 Å². The number of carbonyl (C=O) groups is 1. The van der Waals surface area contributed by atoms with Gasteiger partial charge in [-0.1, -0.05) is 0 Å². The molecule has 11 heavy (non-hydrogen) atoms. The minimum Gasteiger partial charge on any atom is -0.466 e. The van der Waals surface area contributed by atoms with Gasteiger partial charge in [0, 0.05) is 6.42 Å². The Morgan fingerprint density at radius 1 is 1.73 bits per heavy atom. The van der Waals surface area contributed by atoms with Gasteiger partial charge in [-0.25, -0.2) is 8.78 Å². The lowest BCUT2D eigenvalue weighted by molar-refractivity contribution is -0.183. The summed E-state index contributed by atoms with van der Waals surface area (Å²) < 4.78 is 29.4. The first-order valence-corrected chi connectivity index (χ1v) is 3.62. The maximum absolute atomic E-state index is 12.5. The lowest BCUT2D eigenvalue weighted by Crippen LogP contribution is -2.44. The Bertz CT molecular complexity index is 168. The molecule has 0 saturated heterocycles. The Morgan fingerprint density at radius 2 is 2.36 bits per heavy atom. The average molecular weight is 164 g/mol. The SMILES string of the molecule is CCOC(=O)C1CCC1(F)F. The molecule has 2 nitrogen and oxygen atoms in total. The van der Waals surface area contributed by atoms with Gasteiger partial charge in [-0.3, -0.25) is 4.79 Å². The van der Waals surface area contributed by atoms with Crippen LogP contribution in [0.15, 0.2) is 0 Å². The highest BCUT2D eigenvalue weighted by molar-refractivity contribution is 5.74. The van der Waals surface area contributed by atoms with Crippen molar-refractivity contribution in [3.63, 3.8) is 0 Å². The van der Waals surface area contributed by atoms with Gasteiger partial charge in [0.1, 0.15) is 5.92 Å². The van der Waals surface area contributed by atoms with E-state index in [1.54, 1.807) is 6.92 Å². The molecule has 1 saturated carbocycles. The molecule has 1 aliphatic carbocycles. The van der Waals surface area contributed by atoms with Crippen molar-refractivity contribution < 1.29 is 18.3 Å². The van der Waals surface area contributed by atoms with Crippen LogP contribution in [0.25, 0.3) is 0 Å². The zero-order valence-corrected chi connectivity index (χ0v) is 6.27. The Kier molecular flexibility index (Phi) is 2.11. The van der Waals surface area contributed by atoms with Crippen LogP contribution in [0.1, 0.15) is 19.8 Å². The second-order valence-corrected chi connectivity index (χ2v) is 2.60. The fraction of sp³-hybridized carbons (Fsp3) is 0.857. The molecule has 0 heterocycles. The molecule has 1 unspecified atom stereocenters. The van der Waals surface area contributed by atoms with Gasteiger partial charge in [0.2, 0.25) is 0 Å². The third kappa shape index (κ3) is 1.49. The standard InChI is InChI=1S/C7H10F2O2/c1-2-11-6(10)5-3-4-7(5,8)9/h5H,2-4H2,1H3. The molecular weight excluding hydrogens is 154 g/mol. The van der Waals surface area contributed by atoms with Crippen LogP contribution < -0.4 is 0 Å². The highest BCUT2D eigenvalue weighted by Gasteiger charge is 2.53. The van der Waals surface area contributed by atoms with E-state index < -0.39 is 17.8 Å². The topological polar surface area (TPSA) is 26.3 Å². The third-order valence-corrected chi connectivity index (χ3v) is 1.85. The molecule has 0 amide bonds. The van der Waals surface area contributed by atoms with Gasteiger partial charge in [-0.2, -0.15) is 0 Å². The summed E-state index contributed by atoms with van der Waals surface area (Å²) >= 11 is 0. The van der Waals surface area contributed by atoms with Gasteiger partial charge in [0.15, 0.2) is 0 Å². The van der Waals surface area contributed by atoms with Crippen molar-refractivity contribution in [2.75, 3.05) is 6.61 Å². The van der Waals surface area contributed by atoms with Gasteiger partial charge >= 0.3 is 5.97 Å². The van der Waals surface area contributed by atoms with Crippen molar-refractivity contribution in [1.29, 1.82) is 0 Å². The van der Waals surface area contributed by atoms with Crippen LogP contribution in [0.2, 0.25) is 0 Å². The van der Waals surface area contributed by atoms with E-state index in [4.69, 9.17) is 0 Å². The molecule has 1 atom stereocenters. The summed E-state index contributed by atoms with van der Waals surface area (Å²) in [5, 5.41) is 0. The fourth-order valence-electron chi connectivity index (χ4n) is 1.04. The second-order valence-electron chi connectivity index (χ2n) is 2.60. The molecule has 0 bridgehead atoms. The van der Waals surface area contributed by atoms with Crippen LogP contribution in [-0.4, -0.2) is 18.5 Å². The molecule has 0 spiro atoms. The summed E-state index contributed by atoms with van der Waals surface area (Å²) in [5.74, 6) is -4.75. The van der Waals surface area contributed by atoms with Crippen molar-refractivity contribution >= 4 is 5.97 Å². The minimum atomic E-state index is -2.81. The molecule has 1 fully saturated rings. The van der Waals surface area contributed by atoms with Crippen LogP contribution in [0, 0.1) is 5.92 Å². The van der Waals surface area contributed by atoms with E-state index in [0.29, 0.717) is 0 Å². The fourth-order valence-corrected chi connectivity index (χ4v) is 1.04. The number of hydrogen-bond acceptors (Lipinski definition) is 2. The Balaban J connectivity index is 2.43. The molecule has 0 radical (unpaired) electrons. The predicted octanol–water partition coefficient (Wildman–Crippen LogP) is 1.59. The first kappa shape index (κ1) is 8.43. The number of carbonyl (C=O) groups excluding carboxylic acids is 1. The summed E-state index contributed by atoms with van der Waals surface area (Å²) in [6.45, 7) is 1.78. The van der Waals surface area contributed by atoms with Crippen LogP contribution in [-0.2, 0) is 9.53 Å². The van der Waals surface area contributed by atoms with E-state index in [1.165, 1.54) is 0 Å². The monoisotopic (exact) mass is 164 g/mol. The van der Waals surface area contributed by atoms with E-state index >= 15 is 0 Å². The summed E-state index contributed by atoms with van der Waals surface area (Å²) in [7, 11) is 0. The second kappa shape index (κ2) is 2.75. The normalized spacial score (nSPS) is 27.4. The van der Waals surface area contributed by atoms with Crippen LogP contribution >= 0.6 is 0 Å². The largest absolute Gasteiger partial charge is 0.466 e. The molecule has 0 aliphatic heterocycles. The molecule has 0 N–H and O–H groups in total. The maximum Gasteiger partial charge on any atom is 0.315 e. The van der Waals surface area contributed by atoms with Gasteiger partial charge in [0.05, 0.1) is 6.61 Å². The number of alkyl halides is 2. The Morgan fingerprint density at radius 3 is 2.64 bits per heavy atom. The van der Waals surface area contributed by atoms with Crippen LogP contribution in [0.3, 0.4) is 0 Å². The van der Waals surface area contributed by atoms with E-state index in [1.807, 2.05) is 0 Å². The molecule has 1 aliphatic rings. The summed E-state index contributed by atoms with van der Waals surface area (Å²) in [6, 6.07) is 0. The molecule has 4 heteroatoms. The van der Waals surface area contributed by atoms with Crippen molar-refractivity contribution in [1.82, 2.24) is 0 Å². The van der Waals surface area contributed by atoms with E-state index in [0.717, 1.165) is 0 Å². The van der Waals surface area contributed by atoms with E-state index in [-0.39, 0.29) is 19.4 Å². The smallest absolute Gasteiger partial charge is 0.315 e. The number of hydrogen-bond donors (Lipinski definition) is 0. The number of rotatable bonds is 2. The highest BCUT2D eigenvalue weighted by Crippen LogP contribution is 2.43. The quantitative estimate of drug-likeness (QED) is 0.579. The predicted molar refractivity (Wildman–Crippen MR) is 34.3 cm³/mol. The van der Waals surface area contributed by atoms with Gasteiger partial charge < -0.3 is 4.74 Å². The zero-order chi connectivity index (χ0) is 8.48. The number of ether oxygens (including phenoxy) is 1. The molecule has 0 aromatic rings. The van der Waals surface area contributed by atoms with Crippen LogP contribution in [0.4, 0.5) is 8.78 Å². The van der Waals surface area contributed by atoms with E-state index in [9.17, 15) is 13.6 Å². The molecule has 64 valence electrons. The molecule has 0 aromatic heterocycles. The zero-order valence-electron chi connectivity index (χ0n) is 6.27. The van der Waals surface area contributed by atoms with Gasteiger partial charge in [0.25, 0.3) is 5.92 Å². The van der Waals surface area contributed by atoms with Crippen molar-refractivity contribution in [2.24, 2.45) is 5.92 Å². The number of esters is 1. The van der Waals surface area contributed by atoms with Crippen molar-refractivity contribution in [2.45, 2.75) is 25.7 Å². The Hall–Kier alpha value is -0.670. The number of halogens is 2. The van der Waals surface area contributed by atoms with Crippen molar-refractivity contribution in [3.05, 3.63) is 0 Å². The third-order valence-electron chi connectivity index (χ3n) is 1.85. The average Bonchev–Trinajstić information content (AvgIpc) is 1.86. The lowest BCUT2D eigenvalue weighted by atomic mass is 9.81. The molecule has 1 rings (SSSR count). The van der Waals surface area contributed by atoms with Gasteiger partial charge in [-0.15, -0.1) is 0 Å².